The summed E-state index contributed by atoms with van der Waals surface area (Å²) in [6, 6.07) is 30.2. The van der Waals surface area contributed by atoms with Crippen molar-refractivity contribution in [2.75, 3.05) is 0 Å². The number of benzene rings is 3. The van der Waals surface area contributed by atoms with Crippen LogP contribution in [0.15, 0.2) is 108 Å². The Bertz CT molecular complexity index is 1190. The summed E-state index contributed by atoms with van der Waals surface area (Å²) in [5, 5.41) is 0. The minimum atomic E-state index is -3.27. The summed E-state index contributed by atoms with van der Waals surface area (Å²) >= 11 is -3.27. The van der Waals surface area contributed by atoms with E-state index in [0.29, 0.717) is 7.25 Å². The van der Waals surface area contributed by atoms with Gasteiger partial charge in [-0.1, -0.05) is 0 Å². The van der Waals surface area contributed by atoms with Crippen molar-refractivity contribution < 1.29 is 19.4 Å². The van der Waals surface area contributed by atoms with E-state index >= 15 is 0 Å². The van der Waals surface area contributed by atoms with Gasteiger partial charge in [0.1, 0.15) is 0 Å². The molecule has 2 aliphatic rings. The molecule has 0 N–H and O–H groups in total. The van der Waals surface area contributed by atoms with Crippen molar-refractivity contribution in [2.45, 2.75) is 25.2 Å². The zero-order valence-electron chi connectivity index (χ0n) is 19.6. The molecule has 0 fully saturated rings. The van der Waals surface area contributed by atoms with Crippen molar-refractivity contribution in [1.82, 2.24) is 0 Å². The summed E-state index contributed by atoms with van der Waals surface area (Å²) in [7, 11) is 0. The fourth-order valence-electron chi connectivity index (χ4n) is 6.69. The van der Waals surface area contributed by atoms with Crippen molar-refractivity contribution in [1.29, 1.82) is 0 Å². The Kier molecular flexibility index (Phi) is 6.25. The molecule has 2 unspecified atom stereocenters. The Labute approximate surface area is 204 Å². The van der Waals surface area contributed by atoms with Gasteiger partial charge in [0.05, 0.1) is 0 Å². The molecule has 3 aromatic rings. The summed E-state index contributed by atoms with van der Waals surface area (Å²) < 4.78 is 2.27. The Balaban J connectivity index is 1.83. The molecule has 3 aromatic carbocycles. The van der Waals surface area contributed by atoms with Gasteiger partial charge in [-0.3, -0.25) is 0 Å². The first kappa shape index (κ1) is 22.5. The molecule has 1 radical (unpaired) electrons. The molecule has 0 heterocycles. The first-order valence-corrected chi connectivity index (χ1v) is 22.6. The van der Waals surface area contributed by atoms with Gasteiger partial charge in [-0.05, 0) is 0 Å². The number of fused-ring (bicyclic) bond motifs is 2. The average molecular weight is 523 g/mol. The SMILES string of the molecule is C=C[SiH](C=C)[Zr]([CH2]c1cc[c]cc1)([CH]1C(C)=Cc2ccccc21)[CH]1C(C)=Cc2ccccc21. The van der Waals surface area contributed by atoms with Crippen molar-refractivity contribution in [2.24, 2.45) is 0 Å². The van der Waals surface area contributed by atoms with Crippen molar-refractivity contribution >= 4 is 18.1 Å². The van der Waals surface area contributed by atoms with E-state index in [2.05, 4.69) is 129 Å². The van der Waals surface area contributed by atoms with Crippen LogP contribution in [0.25, 0.3) is 12.2 Å². The van der Waals surface area contributed by atoms with Gasteiger partial charge in [-0.15, -0.1) is 0 Å². The molecule has 0 aromatic heterocycles. The third-order valence-electron chi connectivity index (χ3n) is 7.79. The second-order valence-electron chi connectivity index (χ2n) is 9.60. The van der Waals surface area contributed by atoms with Crippen LogP contribution in [0.5, 0.6) is 0 Å². The minimum absolute atomic E-state index is 0.534. The maximum atomic E-state index is 4.44. The fourth-order valence-corrected chi connectivity index (χ4v) is 42.1. The van der Waals surface area contributed by atoms with E-state index in [1.54, 1.807) is 22.3 Å². The normalized spacial score (nSPS) is 20.5. The third kappa shape index (κ3) is 3.69. The monoisotopic (exact) mass is 521 g/mol. The summed E-state index contributed by atoms with van der Waals surface area (Å²) in [5.41, 5.74) is 15.2. The van der Waals surface area contributed by atoms with Gasteiger partial charge >= 0.3 is 205 Å². The van der Waals surface area contributed by atoms with Crippen LogP contribution in [0.3, 0.4) is 0 Å². The Morgan fingerprint density at radius 3 is 1.76 bits per heavy atom. The molecule has 0 aliphatic heterocycles. The van der Waals surface area contributed by atoms with E-state index in [-0.39, 0.29) is 0 Å². The van der Waals surface area contributed by atoms with Gasteiger partial charge in [-0.25, -0.2) is 0 Å². The predicted octanol–water partition coefficient (Wildman–Crippen LogP) is 7.63. The van der Waals surface area contributed by atoms with Crippen molar-refractivity contribution in [3.05, 3.63) is 142 Å². The van der Waals surface area contributed by atoms with Crippen LogP contribution < -0.4 is 0 Å². The Hall–Kier alpha value is -2.28. The van der Waals surface area contributed by atoms with Crippen LogP contribution in [0, 0.1) is 6.07 Å². The molecule has 0 saturated heterocycles. The van der Waals surface area contributed by atoms with Gasteiger partial charge in [0, 0.05) is 0 Å². The van der Waals surface area contributed by atoms with Crippen LogP contribution in [0.4, 0.5) is 0 Å². The van der Waals surface area contributed by atoms with Crippen LogP contribution in [0.2, 0.25) is 0 Å². The van der Waals surface area contributed by atoms with E-state index in [0.717, 1.165) is 0 Å². The van der Waals surface area contributed by atoms with E-state index < -0.39 is 25.4 Å². The molecule has 0 nitrogen and oxygen atoms in total. The average Bonchev–Trinajstić information content (AvgIpc) is 3.35. The standard InChI is InChI=1S/2C10H9.C7H6.C4H7Si.Zr/c2*1-8-6-9-4-2-3-5-10(9)7-8;1-7-5-3-2-4-6-7;1-3-5-4-2;/h2*2-7H,1H3;3-6H,1H2;3-5H,1-2H2;. The van der Waals surface area contributed by atoms with Crippen LogP contribution in [0.1, 0.15) is 48.9 Å². The molecule has 0 spiro atoms. The van der Waals surface area contributed by atoms with Gasteiger partial charge in [0.2, 0.25) is 0 Å². The molecular formula is C31H31SiZr. The van der Waals surface area contributed by atoms with Crippen molar-refractivity contribution in [3.63, 3.8) is 0 Å². The van der Waals surface area contributed by atoms with E-state index in [4.69, 9.17) is 0 Å². The maximum absolute atomic E-state index is 4.44. The second-order valence-corrected chi connectivity index (χ2v) is 32.0. The van der Waals surface area contributed by atoms with Crippen molar-refractivity contribution in [3.8, 4) is 0 Å². The molecule has 5 rings (SSSR count). The summed E-state index contributed by atoms with van der Waals surface area (Å²) in [6.45, 7) is 13.6. The topological polar surface area (TPSA) is 0 Å². The zero-order valence-corrected chi connectivity index (χ0v) is 23.2. The molecule has 0 amide bonds. The van der Waals surface area contributed by atoms with Crippen LogP contribution in [-0.2, 0) is 23.6 Å². The van der Waals surface area contributed by atoms with Crippen LogP contribution >= 0.6 is 0 Å². The number of hydrogen-bond acceptors (Lipinski definition) is 0. The van der Waals surface area contributed by atoms with E-state index in [9.17, 15) is 0 Å². The number of allylic oxidation sites excluding steroid dienone is 2. The summed E-state index contributed by atoms with van der Waals surface area (Å²) in [5.74, 6) is -1.47. The molecule has 2 atom stereocenters. The zero-order chi connectivity index (χ0) is 23.0. The third-order valence-corrected chi connectivity index (χ3v) is 39.4. The first-order chi connectivity index (χ1) is 16.1. The molecule has 163 valence electrons. The number of hydrogen-bond donors (Lipinski definition) is 0. The Morgan fingerprint density at radius 1 is 0.788 bits per heavy atom. The quantitative estimate of drug-likeness (QED) is 0.280. The Morgan fingerprint density at radius 2 is 1.27 bits per heavy atom. The summed E-state index contributed by atoms with van der Waals surface area (Å²) in [4.78, 5) is 0. The number of rotatable bonds is 7. The predicted molar refractivity (Wildman–Crippen MR) is 142 cm³/mol. The molecule has 0 saturated carbocycles. The van der Waals surface area contributed by atoms with E-state index in [1.807, 2.05) is 0 Å². The molecular weight excluding hydrogens is 492 g/mol. The van der Waals surface area contributed by atoms with Crippen LogP contribution in [-0.4, -0.2) is 5.92 Å². The first-order valence-electron chi connectivity index (χ1n) is 11.8. The van der Waals surface area contributed by atoms with E-state index in [1.165, 1.54) is 20.8 Å². The van der Waals surface area contributed by atoms with Gasteiger partial charge in [0.25, 0.3) is 0 Å². The molecule has 33 heavy (non-hydrogen) atoms. The second kappa shape index (κ2) is 9.16. The van der Waals surface area contributed by atoms with Gasteiger partial charge in [-0.2, -0.15) is 0 Å². The van der Waals surface area contributed by atoms with Gasteiger partial charge in [0.15, 0.2) is 0 Å². The molecule has 0 bridgehead atoms. The summed E-state index contributed by atoms with van der Waals surface area (Å²) in [6.07, 6.45) is 4.92. The van der Waals surface area contributed by atoms with Gasteiger partial charge < -0.3 is 0 Å². The molecule has 2 heteroatoms. The fraction of sp³-hybridized carbons (Fsp3) is 0.161. The molecule has 2 aliphatic carbocycles.